The molecule has 1 aliphatic heterocycles. The number of fused-ring (bicyclic) bond motifs is 1. The van der Waals surface area contributed by atoms with E-state index in [1.54, 1.807) is 0 Å². The number of aliphatic hydroxyl groups is 2. The zero-order valence-corrected chi connectivity index (χ0v) is 13.5. The van der Waals surface area contributed by atoms with Gasteiger partial charge < -0.3 is 19.7 Å². The van der Waals surface area contributed by atoms with Crippen LogP contribution in [0.2, 0.25) is 0 Å². The summed E-state index contributed by atoms with van der Waals surface area (Å²) in [7, 11) is 0. The minimum atomic E-state index is -0.873. The van der Waals surface area contributed by atoms with Crippen molar-refractivity contribution in [3.8, 4) is 6.07 Å². The van der Waals surface area contributed by atoms with E-state index in [2.05, 4.69) is 20.3 Å². The molecule has 2 aromatic rings. The lowest BCUT2D eigenvalue weighted by Crippen LogP contribution is -2.24. The number of carbonyl (C=O) groups is 1. The van der Waals surface area contributed by atoms with Crippen molar-refractivity contribution in [2.75, 3.05) is 18.5 Å². The molecule has 0 radical (unpaired) electrons. The molecule has 3 rings (SSSR count). The number of imidazole rings is 1. The van der Waals surface area contributed by atoms with Gasteiger partial charge in [-0.1, -0.05) is 0 Å². The number of H-pyrrole nitrogens is 1. The summed E-state index contributed by atoms with van der Waals surface area (Å²) >= 11 is 0. The predicted molar refractivity (Wildman–Crippen MR) is 85.0 cm³/mol. The molecule has 12 nitrogen and oxygen atoms in total. The van der Waals surface area contributed by atoms with E-state index in [0.29, 0.717) is 0 Å². The summed E-state index contributed by atoms with van der Waals surface area (Å²) in [5.74, 6) is -0.163. The van der Waals surface area contributed by atoms with Crippen molar-refractivity contribution in [1.29, 1.82) is 5.26 Å². The average molecular weight is 364 g/mol. The zero-order valence-electron chi connectivity index (χ0n) is 13.5. The molecule has 2 aromatic heterocycles. The number of ether oxygens (including phenoxy) is 2. The van der Waals surface area contributed by atoms with E-state index in [1.807, 2.05) is 6.07 Å². The second-order valence-electron chi connectivity index (χ2n) is 5.52. The normalized spacial score (nSPS) is 22.3. The third kappa shape index (κ3) is 3.49. The zero-order chi connectivity index (χ0) is 18.7. The summed E-state index contributed by atoms with van der Waals surface area (Å²) in [5, 5.41) is 29.7. The number of aromatic nitrogens is 4. The van der Waals surface area contributed by atoms with Gasteiger partial charge in [-0.25, -0.2) is 9.78 Å². The van der Waals surface area contributed by atoms with Crippen LogP contribution in [0.15, 0.2) is 11.1 Å². The number of rotatable bonds is 5. The van der Waals surface area contributed by atoms with Crippen LogP contribution < -0.4 is 10.9 Å². The van der Waals surface area contributed by atoms with Crippen LogP contribution in [0.5, 0.6) is 0 Å². The fourth-order valence-electron chi connectivity index (χ4n) is 2.57. The Labute approximate surface area is 146 Å². The Balaban J connectivity index is 1.84. The Kier molecular flexibility index (Phi) is 5.12. The first-order valence-corrected chi connectivity index (χ1v) is 7.75. The molecule has 3 atom stereocenters. The molecule has 3 heterocycles. The van der Waals surface area contributed by atoms with Crippen molar-refractivity contribution in [1.82, 2.24) is 19.5 Å². The van der Waals surface area contributed by atoms with Gasteiger partial charge in [0.15, 0.2) is 11.2 Å². The Morgan fingerprint density at radius 3 is 3.12 bits per heavy atom. The van der Waals surface area contributed by atoms with Gasteiger partial charge in [0, 0.05) is 6.42 Å². The molecule has 26 heavy (non-hydrogen) atoms. The van der Waals surface area contributed by atoms with Gasteiger partial charge in [-0.05, 0) is 0 Å². The number of nitrogens with zero attached hydrogens (tertiary/aromatic N) is 4. The molecule has 1 amide bonds. The molecule has 4 N–H and O–H groups in total. The largest absolute Gasteiger partial charge is 0.448 e. The molecule has 1 fully saturated rings. The van der Waals surface area contributed by atoms with E-state index in [0.717, 1.165) is 0 Å². The van der Waals surface area contributed by atoms with Crippen LogP contribution in [0.25, 0.3) is 11.2 Å². The van der Waals surface area contributed by atoms with E-state index in [-0.39, 0.29) is 43.2 Å². The monoisotopic (exact) mass is 364 g/mol. The minimum absolute atomic E-state index is 0.0268. The number of carbonyl (C=O) groups excluding carboxylic acids is 1. The molecular formula is C14H16N6O6. The van der Waals surface area contributed by atoms with Crippen LogP contribution in [0.4, 0.5) is 10.7 Å². The molecule has 0 aromatic carbocycles. The highest BCUT2D eigenvalue weighted by Crippen LogP contribution is 2.30. The van der Waals surface area contributed by atoms with E-state index >= 15 is 0 Å². The molecule has 0 spiro atoms. The number of hydrogen-bond acceptors (Lipinski definition) is 9. The molecule has 0 aliphatic carbocycles. The number of amides is 1. The van der Waals surface area contributed by atoms with Gasteiger partial charge in [0.1, 0.15) is 18.9 Å². The number of nitriles is 1. The Morgan fingerprint density at radius 2 is 2.42 bits per heavy atom. The standard InChI is InChI=1S/C14H16N6O6/c15-2-1-3-25-14(24)19-13-17-11-10(12(23)18-13)16-6-20(11)9-4-7(22)8(5-21)26-9/h6-9,21-22H,1,3-5H2,(H2,17,18,19,23,24)/t7-,8+,9+/m0/s1. The summed E-state index contributed by atoms with van der Waals surface area (Å²) in [6, 6.07) is 1.83. The van der Waals surface area contributed by atoms with Crippen LogP contribution in [0, 0.1) is 11.3 Å². The highest BCUT2D eigenvalue weighted by molar-refractivity contribution is 5.83. The van der Waals surface area contributed by atoms with Gasteiger partial charge in [-0.2, -0.15) is 10.2 Å². The van der Waals surface area contributed by atoms with Crippen molar-refractivity contribution < 1.29 is 24.5 Å². The summed E-state index contributed by atoms with van der Waals surface area (Å²) in [4.78, 5) is 34.2. The van der Waals surface area contributed by atoms with E-state index < -0.39 is 30.1 Å². The van der Waals surface area contributed by atoms with Crippen LogP contribution in [0.3, 0.4) is 0 Å². The maximum absolute atomic E-state index is 12.1. The Hall–Kier alpha value is -3.01. The smallest absolute Gasteiger partial charge is 0.414 e. The maximum Gasteiger partial charge on any atom is 0.414 e. The lowest BCUT2D eigenvalue weighted by molar-refractivity contribution is -0.0432. The molecule has 1 aliphatic rings. The van der Waals surface area contributed by atoms with Gasteiger partial charge in [0.05, 0.1) is 31.5 Å². The number of aliphatic hydroxyl groups excluding tert-OH is 2. The number of nitrogens with one attached hydrogen (secondary N) is 2. The number of hydrogen-bond donors (Lipinski definition) is 4. The van der Waals surface area contributed by atoms with E-state index in [9.17, 15) is 19.8 Å². The van der Waals surface area contributed by atoms with Gasteiger partial charge >= 0.3 is 6.09 Å². The highest BCUT2D eigenvalue weighted by Gasteiger charge is 2.35. The SMILES string of the molecule is N#CCCOC(=O)Nc1nc2c(ncn2[C@H]2C[C@H](O)[C@@H](CO)O2)c(=O)[nH]1. The van der Waals surface area contributed by atoms with Crippen molar-refractivity contribution in [2.24, 2.45) is 0 Å². The molecule has 12 heteroatoms. The second kappa shape index (κ2) is 7.48. The first-order chi connectivity index (χ1) is 12.5. The lowest BCUT2D eigenvalue weighted by Gasteiger charge is -2.13. The topological polar surface area (TPSA) is 175 Å². The first kappa shape index (κ1) is 17.8. The highest BCUT2D eigenvalue weighted by atomic mass is 16.5. The van der Waals surface area contributed by atoms with E-state index in [1.165, 1.54) is 10.9 Å². The number of anilines is 1. The van der Waals surface area contributed by atoms with Crippen molar-refractivity contribution in [2.45, 2.75) is 31.3 Å². The fraction of sp³-hybridized carbons (Fsp3) is 0.500. The first-order valence-electron chi connectivity index (χ1n) is 7.75. The van der Waals surface area contributed by atoms with Crippen LogP contribution >= 0.6 is 0 Å². The summed E-state index contributed by atoms with van der Waals surface area (Å²) < 4.78 is 11.7. The quantitative estimate of drug-likeness (QED) is 0.496. The molecule has 0 bridgehead atoms. The summed E-state index contributed by atoms with van der Waals surface area (Å²) in [6.07, 6.45) is -1.59. The van der Waals surface area contributed by atoms with Crippen LogP contribution in [0.1, 0.15) is 19.1 Å². The van der Waals surface area contributed by atoms with E-state index in [4.69, 9.17) is 14.7 Å². The molecule has 0 unspecified atom stereocenters. The average Bonchev–Trinajstić information content (AvgIpc) is 3.18. The fourth-order valence-corrected chi connectivity index (χ4v) is 2.57. The minimum Gasteiger partial charge on any atom is -0.448 e. The van der Waals surface area contributed by atoms with Crippen molar-refractivity contribution >= 4 is 23.2 Å². The maximum atomic E-state index is 12.1. The van der Waals surface area contributed by atoms with Crippen molar-refractivity contribution in [3.63, 3.8) is 0 Å². The Bertz CT molecular complexity index is 901. The van der Waals surface area contributed by atoms with Gasteiger partial charge in [0.2, 0.25) is 5.95 Å². The second-order valence-corrected chi connectivity index (χ2v) is 5.52. The third-order valence-electron chi connectivity index (χ3n) is 3.79. The number of aromatic amines is 1. The third-order valence-corrected chi connectivity index (χ3v) is 3.79. The molecule has 0 saturated carbocycles. The predicted octanol–water partition coefficient (Wildman–Crippen LogP) is -0.778. The van der Waals surface area contributed by atoms with Crippen LogP contribution in [-0.4, -0.2) is 61.2 Å². The lowest BCUT2D eigenvalue weighted by atomic mass is 10.2. The van der Waals surface area contributed by atoms with Crippen molar-refractivity contribution in [3.05, 3.63) is 16.7 Å². The summed E-state index contributed by atoms with van der Waals surface area (Å²) in [6.45, 7) is -0.442. The van der Waals surface area contributed by atoms with Gasteiger partial charge in [-0.15, -0.1) is 0 Å². The molecule has 1 saturated heterocycles. The Morgan fingerprint density at radius 1 is 1.62 bits per heavy atom. The molecular weight excluding hydrogens is 348 g/mol. The van der Waals surface area contributed by atoms with Gasteiger partial charge in [0.25, 0.3) is 5.56 Å². The van der Waals surface area contributed by atoms with Crippen LogP contribution in [-0.2, 0) is 9.47 Å². The molecule has 138 valence electrons. The van der Waals surface area contributed by atoms with Gasteiger partial charge in [-0.3, -0.25) is 19.7 Å². The summed E-state index contributed by atoms with van der Waals surface area (Å²) in [5.41, 5.74) is -0.422.